The molecule has 0 amide bonds. The van der Waals surface area contributed by atoms with Crippen LogP contribution in [0.4, 0.5) is 0 Å². The molecule has 2 nitrogen and oxygen atoms in total. The number of rotatable bonds is 2. The van der Waals surface area contributed by atoms with Gasteiger partial charge in [-0.25, -0.2) is 4.98 Å². The molecule has 0 bridgehead atoms. The number of benzene rings is 1. The van der Waals surface area contributed by atoms with E-state index in [1.165, 1.54) is 0 Å². The van der Waals surface area contributed by atoms with E-state index in [1.807, 2.05) is 18.2 Å². The van der Waals surface area contributed by atoms with Crippen molar-refractivity contribution >= 4 is 34.2 Å². The van der Waals surface area contributed by atoms with E-state index < -0.39 is 0 Å². The highest BCUT2D eigenvalue weighted by Crippen LogP contribution is 2.27. The Bertz CT molecular complexity index is 538. The summed E-state index contributed by atoms with van der Waals surface area (Å²) < 4.78 is 2.16. The van der Waals surface area contributed by atoms with Gasteiger partial charge in [0, 0.05) is 6.54 Å². The number of fused-ring (bicyclic) bond motifs is 1. The monoisotopic (exact) mass is 270 g/mol. The van der Waals surface area contributed by atoms with Crippen LogP contribution in [-0.4, -0.2) is 9.55 Å². The number of alkyl halides is 1. The molecular formula is C13H16Cl2N2. The van der Waals surface area contributed by atoms with Crippen molar-refractivity contribution in [3.8, 4) is 0 Å². The second kappa shape index (κ2) is 4.51. The fraction of sp³-hybridized carbons (Fsp3) is 0.462. The van der Waals surface area contributed by atoms with Crippen molar-refractivity contribution in [2.24, 2.45) is 5.41 Å². The summed E-state index contributed by atoms with van der Waals surface area (Å²) in [4.78, 5) is 4.51. The van der Waals surface area contributed by atoms with E-state index in [2.05, 4.69) is 30.3 Å². The second-order valence-electron chi connectivity index (χ2n) is 5.42. The van der Waals surface area contributed by atoms with Gasteiger partial charge in [-0.2, -0.15) is 0 Å². The van der Waals surface area contributed by atoms with E-state index in [0.717, 1.165) is 23.4 Å². The van der Waals surface area contributed by atoms with E-state index in [9.17, 15) is 0 Å². The molecule has 0 radical (unpaired) electrons. The molecule has 1 heterocycles. The highest BCUT2D eigenvalue weighted by atomic mass is 35.5. The Morgan fingerprint density at radius 1 is 1.29 bits per heavy atom. The van der Waals surface area contributed by atoms with Crippen molar-refractivity contribution in [3.05, 3.63) is 29.0 Å². The number of hydrogen-bond donors (Lipinski definition) is 0. The smallest absolute Gasteiger partial charge is 0.124 e. The SMILES string of the molecule is CC(C)(C)Cn1c(CCl)nc2c(Cl)cccc21. The van der Waals surface area contributed by atoms with Gasteiger partial charge in [-0.3, -0.25) is 0 Å². The first-order valence-corrected chi connectivity index (χ1v) is 6.53. The molecular weight excluding hydrogens is 255 g/mol. The van der Waals surface area contributed by atoms with Crippen molar-refractivity contribution in [2.45, 2.75) is 33.2 Å². The van der Waals surface area contributed by atoms with Crippen LogP contribution in [0.2, 0.25) is 5.02 Å². The highest BCUT2D eigenvalue weighted by Gasteiger charge is 2.17. The normalized spacial score (nSPS) is 12.3. The van der Waals surface area contributed by atoms with Crippen LogP contribution >= 0.6 is 23.2 Å². The minimum Gasteiger partial charge on any atom is -0.326 e. The van der Waals surface area contributed by atoms with E-state index in [1.54, 1.807) is 0 Å². The van der Waals surface area contributed by atoms with Gasteiger partial charge in [0.15, 0.2) is 0 Å². The summed E-state index contributed by atoms with van der Waals surface area (Å²) in [6, 6.07) is 5.84. The van der Waals surface area contributed by atoms with Gasteiger partial charge < -0.3 is 4.57 Å². The number of hydrogen-bond acceptors (Lipinski definition) is 1. The van der Waals surface area contributed by atoms with Crippen LogP contribution in [0.1, 0.15) is 26.6 Å². The molecule has 0 unspecified atom stereocenters. The van der Waals surface area contributed by atoms with E-state index in [4.69, 9.17) is 23.2 Å². The molecule has 0 saturated carbocycles. The highest BCUT2D eigenvalue weighted by molar-refractivity contribution is 6.35. The van der Waals surface area contributed by atoms with Crippen molar-refractivity contribution in [1.82, 2.24) is 9.55 Å². The summed E-state index contributed by atoms with van der Waals surface area (Å²) in [6.07, 6.45) is 0. The van der Waals surface area contributed by atoms with Gasteiger partial charge >= 0.3 is 0 Å². The predicted octanol–water partition coefficient (Wildman–Crippen LogP) is 4.47. The molecule has 0 N–H and O–H groups in total. The van der Waals surface area contributed by atoms with Gasteiger partial charge in [-0.15, -0.1) is 11.6 Å². The third-order valence-corrected chi connectivity index (χ3v) is 3.10. The minimum atomic E-state index is 0.177. The summed E-state index contributed by atoms with van der Waals surface area (Å²) in [7, 11) is 0. The molecule has 0 fully saturated rings. The lowest BCUT2D eigenvalue weighted by atomic mass is 9.97. The van der Waals surface area contributed by atoms with Crippen LogP contribution in [0.15, 0.2) is 18.2 Å². The first kappa shape index (κ1) is 12.7. The number of aromatic nitrogens is 2. The van der Waals surface area contributed by atoms with Crippen molar-refractivity contribution in [1.29, 1.82) is 0 Å². The van der Waals surface area contributed by atoms with Crippen molar-refractivity contribution < 1.29 is 0 Å². The van der Waals surface area contributed by atoms with E-state index in [-0.39, 0.29) is 5.41 Å². The van der Waals surface area contributed by atoms with Crippen LogP contribution in [0.3, 0.4) is 0 Å². The fourth-order valence-electron chi connectivity index (χ4n) is 1.91. The van der Waals surface area contributed by atoms with E-state index >= 15 is 0 Å². The Labute approximate surface area is 112 Å². The molecule has 4 heteroatoms. The Morgan fingerprint density at radius 2 is 2.00 bits per heavy atom. The van der Waals surface area contributed by atoms with Gasteiger partial charge in [0.05, 0.1) is 16.4 Å². The van der Waals surface area contributed by atoms with Crippen molar-refractivity contribution in [2.75, 3.05) is 0 Å². The maximum atomic E-state index is 6.15. The zero-order chi connectivity index (χ0) is 12.6. The Hall–Kier alpha value is -0.730. The average Bonchev–Trinajstić information content (AvgIpc) is 2.56. The topological polar surface area (TPSA) is 17.8 Å². The summed E-state index contributed by atoms with van der Waals surface area (Å²) in [5.41, 5.74) is 2.08. The first-order valence-electron chi connectivity index (χ1n) is 5.62. The zero-order valence-electron chi connectivity index (χ0n) is 10.3. The Kier molecular flexibility index (Phi) is 3.37. The zero-order valence-corrected chi connectivity index (χ0v) is 11.8. The number of imidazole rings is 1. The molecule has 0 atom stereocenters. The number of para-hydroxylation sites is 1. The Morgan fingerprint density at radius 3 is 2.59 bits per heavy atom. The van der Waals surface area contributed by atoms with E-state index in [0.29, 0.717) is 10.9 Å². The van der Waals surface area contributed by atoms with Gasteiger partial charge in [0.25, 0.3) is 0 Å². The maximum absolute atomic E-state index is 6.15. The third-order valence-electron chi connectivity index (χ3n) is 2.56. The van der Waals surface area contributed by atoms with Crippen LogP contribution in [0.5, 0.6) is 0 Å². The summed E-state index contributed by atoms with van der Waals surface area (Å²) in [5.74, 6) is 1.28. The molecule has 1 aromatic heterocycles. The minimum absolute atomic E-state index is 0.177. The maximum Gasteiger partial charge on any atom is 0.124 e. The molecule has 0 aliphatic rings. The molecule has 92 valence electrons. The van der Waals surface area contributed by atoms with Gasteiger partial charge in [-0.05, 0) is 17.5 Å². The van der Waals surface area contributed by atoms with Crippen LogP contribution in [0, 0.1) is 5.41 Å². The Balaban J connectivity index is 2.63. The van der Waals surface area contributed by atoms with Gasteiger partial charge in [0.1, 0.15) is 11.3 Å². The summed E-state index contributed by atoms with van der Waals surface area (Å²) in [6.45, 7) is 7.47. The molecule has 1 aromatic carbocycles. The van der Waals surface area contributed by atoms with Crippen molar-refractivity contribution in [3.63, 3.8) is 0 Å². The number of halogens is 2. The lowest BCUT2D eigenvalue weighted by Gasteiger charge is -2.20. The fourth-order valence-corrected chi connectivity index (χ4v) is 2.33. The first-order chi connectivity index (χ1) is 7.92. The lowest BCUT2D eigenvalue weighted by molar-refractivity contribution is 0.344. The molecule has 0 aliphatic heterocycles. The predicted molar refractivity (Wildman–Crippen MR) is 73.8 cm³/mol. The third kappa shape index (κ3) is 2.58. The molecule has 0 spiro atoms. The van der Waals surface area contributed by atoms with Gasteiger partial charge in [0.2, 0.25) is 0 Å². The van der Waals surface area contributed by atoms with Crippen LogP contribution < -0.4 is 0 Å². The van der Waals surface area contributed by atoms with Crippen LogP contribution in [0.25, 0.3) is 11.0 Å². The number of nitrogens with zero attached hydrogens (tertiary/aromatic N) is 2. The average molecular weight is 271 g/mol. The largest absolute Gasteiger partial charge is 0.326 e. The lowest BCUT2D eigenvalue weighted by Crippen LogP contribution is -2.17. The molecule has 17 heavy (non-hydrogen) atoms. The molecule has 2 aromatic rings. The second-order valence-corrected chi connectivity index (χ2v) is 6.09. The summed E-state index contributed by atoms with van der Waals surface area (Å²) >= 11 is 12.1. The quantitative estimate of drug-likeness (QED) is 0.736. The standard InChI is InChI=1S/C13H16Cl2N2/c1-13(2,3)8-17-10-6-4-5-9(15)12(10)16-11(17)7-14/h4-6H,7-8H2,1-3H3. The molecule has 0 saturated heterocycles. The summed E-state index contributed by atoms with van der Waals surface area (Å²) in [5, 5.41) is 0.682. The van der Waals surface area contributed by atoms with Gasteiger partial charge in [-0.1, -0.05) is 38.4 Å². The molecule has 2 rings (SSSR count). The molecule has 0 aliphatic carbocycles. The van der Waals surface area contributed by atoms with Crippen LogP contribution in [-0.2, 0) is 12.4 Å².